The van der Waals surface area contributed by atoms with Crippen LogP contribution in [0, 0.1) is 34.6 Å². The Morgan fingerprint density at radius 1 is 0.511 bits per heavy atom. The summed E-state index contributed by atoms with van der Waals surface area (Å²) in [6.45, 7) is 40.0. The number of hydrogen-bond acceptors (Lipinski definition) is 0. The van der Waals surface area contributed by atoms with Gasteiger partial charge in [-0.25, -0.2) is 34.6 Å². The Morgan fingerprint density at radius 3 is 0.894 bits per heavy atom. The Bertz CT molecular complexity index is 1110. The molecule has 0 atom stereocenters. The summed E-state index contributed by atoms with van der Waals surface area (Å²) in [5, 5.41) is 6.46. The molecule has 4 rings (SSSR count). The first-order valence-corrected chi connectivity index (χ1v) is 29.4. The molecule has 0 aliphatic carbocycles. The summed E-state index contributed by atoms with van der Waals surface area (Å²) >= 11 is 0. The molecule has 0 saturated carbocycles. The quantitative estimate of drug-likeness (QED) is 0.156. The van der Waals surface area contributed by atoms with Gasteiger partial charge in [-0.2, -0.15) is 80.7 Å². The molecule has 0 aliphatic rings. The fourth-order valence-electron chi connectivity index (χ4n) is 4.48. The van der Waals surface area contributed by atoms with Crippen molar-refractivity contribution in [2.75, 3.05) is 0 Å². The van der Waals surface area contributed by atoms with Crippen LogP contribution in [0.1, 0.15) is 27.8 Å². The zero-order chi connectivity index (χ0) is 32.0. The van der Waals surface area contributed by atoms with Gasteiger partial charge < -0.3 is 49.6 Å². The monoisotopic (exact) mass is 854 g/mol. The first-order chi connectivity index (χ1) is 18.5. The van der Waals surface area contributed by atoms with Gasteiger partial charge >= 0.3 is 43.4 Å². The number of halogens is 4. The van der Waals surface area contributed by atoms with Gasteiger partial charge in [0.25, 0.3) is 0 Å². The fourth-order valence-corrected chi connectivity index (χ4v) is 9.46. The maximum Gasteiger partial charge on any atom is 4.00 e. The standard InChI is InChI=1S/2C11H21Si2.C10H15.C5H5.4ClH.2Ti/c2*1-12(2,3)10-7-8-11(9-10)13(4,5)6;1-6-7(2)9(4)10(5)8(6)3;1-2-4-5-3-1;;;;;;/h2*7-9H,1-6H3;1-5H3;1-5H;4*1H;;/q4*-1;;;;;2*+4/p-4. The van der Waals surface area contributed by atoms with E-state index in [0.717, 1.165) is 0 Å². The van der Waals surface area contributed by atoms with Gasteiger partial charge in [0.1, 0.15) is 0 Å². The van der Waals surface area contributed by atoms with Crippen LogP contribution in [0.5, 0.6) is 0 Å². The second-order valence-corrected chi connectivity index (χ2v) is 36.2. The van der Waals surface area contributed by atoms with Gasteiger partial charge in [-0.05, 0) is 0 Å². The van der Waals surface area contributed by atoms with Gasteiger partial charge in [0.15, 0.2) is 0 Å². The average Bonchev–Trinajstić information content (AvgIpc) is 3.64. The first-order valence-electron chi connectivity index (χ1n) is 15.4. The van der Waals surface area contributed by atoms with E-state index in [1.807, 2.05) is 30.3 Å². The molecule has 0 N–H and O–H groups in total. The van der Waals surface area contributed by atoms with E-state index in [2.05, 4.69) is 150 Å². The Hall–Kier alpha value is 0.856. The molecule has 0 spiro atoms. The van der Waals surface area contributed by atoms with Crippen molar-refractivity contribution in [1.82, 2.24) is 0 Å². The second-order valence-electron chi connectivity index (χ2n) is 15.9. The van der Waals surface area contributed by atoms with Crippen LogP contribution in [0.4, 0.5) is 0 Å². The van der Waals surface area contributed by atoms with Crippen molar-refractivity contribution in [3.63, 3.8) is 0 Å². The minimum atomic E-state index is -1.07. The van der Waals surface area contributed by atoms with Crippen LogP contribution in [-0.2, 0) is 43.4 Å². The summed E-state index contributed by atoms with van der Waals surface area (Å²) in [6.07, 6.45) is 0. The van der Waals surface area contributed by atoms with Gasteiger partial charge in [-0.15, -0.1) is 0 Å². The van der Waals surface area contributed by atoms with E-state index in [1.54, 1.807) is 20.7 Å². The summed E-state index contributed by atoms with van der Waals surface area (Å²) < 4.78 is 0. The SMILES string of the molecule is C[Si](C)(C)c1cc[c-]([Si](C)(C)C)c1.C[Si](C)(C)c1cc[c-]([Si](C)(C)C)c1.Cc1c(C)c(C)[c-](C)c1C.[Cl-].[Cl-].[Cl-].[Cl-].[Ti+4].[Ti+4].c1cc[cH-]c1. The maximum absolute atomic E-state index is 2.46. The molecule has 0 amide bonds. The minimum Gasteiger partial charge on any atom is -1.00 e. The van der Waals surface area contributed by atoms with E-state index >= 15 is 0 Å². The van der Waals surface area contributed by atoms with Crippen LogP contribution < -0.4 is 70.4 Å². The van der Waals surface area contributed by atoms with Crippen LogP contribution >= 0.6 is 0 Å². The van der Waals surface area contributed by atoms with Crippen LogP contribution in [-0.4, -0.2) is 32.3 Å². The molecule has 262 valence electrons. The van der Waals surface area contributed by atoms with Crippen LogP contribution in [0.15, 0.2) is 66.7 Å². The molecule has 0 radical (unpaired) electrons. The van der Waals surface area contributed by atoms with Crippen molar-refractivity contribution >= 4 is 53.0 Å². The Balaban J connectivity index is -0.000000118. The molecule has 0 heterocycles. The zero-order valence-electron chi connectivity index (χ0n) is 32.4. The van der Waals surface area contributed by atoms with Crippen molar-refractivity contribution in [2.24, 2.45) is 0 Å². The van der Waals surface area contributed by atoms with E-state index < -0.39 is 32.3 Å². The van der Waals surface area contributed by atoms with Crippen molar-refractivity contribution < 1.29 is 93.1 Å². The third-order valence-corrected chi connectivity index (χ3v) is 16.5. The van der Waals surface area contributed by atoms with Crippen molar-refractivity contribution in [1.29, 1.82) is 0 Å². The Labute approximate surface area is 350 Å². The summed E-state index contributed by atoms with van der Waals surface area (Å²) in [6, 6.07) is 24.3. The van der Waals surface area contributed by atoms with Gasteiger partial charge in [-0.3, -0.25) is 0 Å². The van der Waals surface area contributed by atoms with Gasteiger partial charge in [0.2, 0.25) is 0 Å². The molecule has 0 saturated heterocycles. The predicted molar refractivity (Wildman–Crippen MR) is 204 cm³/mol. The van der Waals surface area contributed by atoms with E-state index in [1.165, 1.54) is 27.8 Å². The molecule has 0 aliphatic heterocycles. The Morgan fingerprint density at radius 2 is 0.787 bits per heavy atom. The van der Waals surface area contributed by atoms with Gasteiger partial charge in [0, 0.05) is 32.3 Å². The van der Waals surface area contributed by atoms with Gasteiger partial charge in [-0.1, -0.05) is 113 Å². The van der Waals surface area contributed by atoms with Crippen molar-refractivity contribution in [2.45, 2.75) is 113 Å². The molecule has 0 nitrogen and oxygen atoms in total. The average molecular weight is 857 g/mol. The smallest absolute Gasteiger partial charge is 1.00 e. The largest absolute Gasteiger partial charge is 4.00 e. The minimum absolute atomic E-state index is 0. The van der Waals surface area contributed by atoms with Crippen molar-refractivity contribution in [3.8, 4) is 0 Å². The number of rotatable bonds is 4. The van der Waals surface area contributed by atoms with E-state index in [9.17, 15) is 0 Å². The molecular formula is C37H62Cl4Si4Ti2. The molecule has 0 bridgehead atoms. The fraction of sp³-hybridized carbons (Fsp3) is 0.459. The normalized spacial score (nSPS) is 10.5. The van der Waals surface area contributed by atoms with E-state index in [-0.39, 0.29) is 93.1 Å². The molecule has 0 fully saturated rings. The molecular weight excluding hydrogens is 794 g/mol. The first kappa shape index (κ1) is 60.0. The van der Waals surface area contributed by atoms with Crippen molar-refractivity contribution in [3.05, 3.63) is 94.5 Å². The zero-order valence-corrected chi connectivity index (χ0v) is 42.5. The van der Waals surface area contributed by atoms with Gasteiger partial charge in [0.05, 0.1) is 0 Å². The molecule has 0 unspecified atom stereocenters. The topological polar surface area (TPSA) is 0 Å². The third-order valence-electron chi connectivity index (χ3n) is 8.34. The predicted octanol–water partition coefficient (Wildman–Crippen LogP) is -2.64. The Kier molecular flexibility index (Phi) is 31.8. The molecule has 0 aromatic heterocycles. The maximum atomic E-state index is 2.46. The van der Waals surface area contributed by atoms with Crippen LogP contribution in [0.25, 0.3) is 0 Å². The summed E-state index contributed by atoms with van der Waals surface area (Å²) in [5.41, 5.74) is 7.34. The molecule has 4 aromatic rings. The van der Waals surface area contributed by atoms with Crippen LogP contribution in [0.2, 0.25) is 78.6 Å². The van der Waals surface area contributed by atoms with Crippen LogP contribution in [0.3, 0.4) is 0 Å². The summed E-state index contributed by atoms with van der Waals surface area (Å²) in [4.78, 5) is 0. The molecule has 10 heteroatoms. The third kappa shape index (κ3) is 20.5. The summed E-state index contributed by atoms with van der Waals surface area (Å²) in [5.74, 6) is 0. The van der Waals surface area contributed by atoms with E-state index in [0.29, 0.717) is 0 Å². The summed E-state index contributed by atoms with van der Waals surface area (Å²) in [7, 11) is -4.28. The molecule has 4 aromatic carbocycles. The molecule has 47 heavy (non-hydrogen) atoms. The second kappa shape index (κ2) is 24.9. The number of hydrogen-bond donors (Lipinski definition) is 0. The van der Waals surface area contributed by atoms with E-state index in [4.69, 9.17) is 0 Å².